The Balaban J connectivity index is 1.93. The van der Waals surface area contributed by atoms with Crippen LogP contribution in [0.4, 0.5) is 5.69 Å². The van der Waals surface area contributed by atoms with E-state index >= 15 is 0 Å². The molecule has 1 atom stereocenters. The van der Waals surface area contributed by atoms with Gasteiger partial charge in [-0.05, 0) is 36.0 Å². The van der Waals surface area contributed by atoms with Crippen LogP contribution < -0.4 is 10.5 Å². The fourth-order valence-corrected chi connectivity index (χ4v) is 5.19. The maximum atomic E-state index is 12.6. The van der Waals surface area contributed by atoms with Crippen LogP contribution in [0.1, 0.15) is 6.42 Å². The van der Waals surface area contributed by atoms with Gasteiger partial charge in [-0.3, -0.25) is 0 Å². The molecule has 3 N–H and O–H groups in total. The van der Waals surface area contributed by atoms with Crippen molar-refractivity contribution in [3.63, 3.8) is 0 Å². The molecule has 0 bridgehead atoms. The molecule has 21 heavy (non-hydrogen) atoms. The van der Waals surface area contributed by atoms with Crippen LogP contribution in [0, 0.1) is 5.92 Å². The summed E-state index contributed by atoms with van der Waals surface area (Å²) < 4.78 is 27.9. The van der Waals surface area contributed by atoms with E-state index in [1.165, 1.54) is 0 Å². The lowest BCUT2D eigenvalue weighted by Crippen LogP contribution is -2.29. The van der Waals surface area contributed by atoms with Gasteiger partial charge in [-0.1, -0.05) is 24.3 Å². The van der Waals surface area contributed by atoms with Gasteiger partial charge in [0.25, 0.3) is 0 Å². The number of nitrogens with one attached hydrogen (secondary N) is 1. The van der Waals surface area contributed by atoms with Gasteiger partial charge in [0, 0.05) is 23.0 Å². The molecule has 0 radical (unpaired) electrons. The highest BCUT2D eigenvalue weighted by molar-refractivity contribution is 7.99. The highest BCUT2D eigenvalue weighted by Crippen LogP contribution is 2.28. The van der Waals surface area contributed by atoms with Crippen LogP contribution in [-0.2, 0) is 10.0 Å². The molecule has 4 nitrogen and oxygen atoms in total. The first-order chi connectivity index (χ1) is 10.1. The number of nitrogen functional groups attached to an aromatic ring is 1. The molecule has 1 aliphatic rings. The third-order valence-electron chi connectivity index (χ3n) is 3.79. The van der Waals surface area contributed by atoms with Crippen molar-refractivity contribution in [3.05, 3.63) is 36.4 Å². The molecule has 1 saturated heterocycles. The summed E-state index contributed by atoms with van der Waals surface area (Å²) in [6.45, 7) is 0.508. The van der Waals surface area contributed by atoms with Crippen molar-refractivity contribution < 1.29 is 8.42 Å². The maximum Gasteiger partial charge on any atom is 0.241 e. The van der Waals surface area contributed by atoms with Gasteiger partial charge in [0.1, 0.15) is 0 Å². The van der Waals surface area contributed by atoms with Crippen molar-refractivity contribution in [1.82, 2.24) is 4.72 Å². The second-order valence-electron chi connectivity index (χ2n) is 5.28. The summed E-state index contributed by atoms with van der Waals surface area (Å²) in [6, 6.07) is 10.6. The number of anilines is 1. The molecule has 1 fully saturated rings. The Bertz CT molecular complexity index is 753. The first kappa shape index (κ1) is 14.7. The third-order valence-corrected chi connectivity index (χ3v) is 6.51. The first-order valence-electron chi connectivity index (χ1n) is 6.92. The van der Waals surface area contributed by atoms with Gasteiger partial charge in [0.05, 0.1) is 4.90 Å². The molecule has 0 spiro atoms. The van der Waals surface area contributed by atoms with Crippen molar-refractivity contribution >= 4 is 38.2 Å². The molecule has 1 unspecified atom stereocenters. The van der Waals surface area contributed by atoms with Crippen LogP contribution >= 0.6 is 11.8 Å². The van der Waals surface area contributed by atoms with Gasteiger partial charge in [-0.15, -0.1) is 0 Å². The van der Waals surface area contributed by atoms with Crippen molar-refractivity contribution in [2.45, 2.75) is 11.3 Å². The van der Waals surface area contributed by atoms with Crippen LogP contribution in [0.15, 0.2) is 41.3 Å². The minimum absolute atomic E-state index is 0.304. The van der Waals surface area contributed by atoms with Crippen molar-refractivity contribution in [1.29, 1.82) is 0 Å². The largest absolute Gasteiger partial charge is 0.398 e. The first-order valence-corrected chi connectivity index (χ1v) is 9.56. The molecule has 6 heteroatoms. The van der Waals surface area contributed by atoms with Gasteiger partial charge in [-0.25, -0.2) is 13.1 Å². The Morgan fingerprint density at radius 1 is 1.19 bits per heavy atom. The fraction of sp³-hybridized carbons (Fsp3) is 0.333. The molecular formula is C15H18N2O2S2. The van der Waals surface area contributed by atoms with Gasteiger partial charge < -0.3 is 5.73 Å². The van der Waals surface area contributed by atoms with Gasteiger partial charge >= 0.3 is 0 Å². The van der Waals surface area contributed by atoms with E-state index in [4.69, 9.17) is 5.73 Å². The third kappa shape index (κ3) is 3.02. The molecule has 2 aromatic carbocycles. The highest BCUT2D eigenvalue weighted by Gasteiger charge is 2.21. The lowest BCUT2D eigenvalue weighted by Gasteiger charge is -2.13. The van der Waals surface area contributed by atoms with Crippen LogP contribution in [-0.4, -0.2) is 26.5 Å². The summed E-state index contributed by atoms with van der Waals surface area (Å²) in [4.78, 5) is 0.304. The number of benzene rings is 2. The summed E-state index contributed by atoms with van der Waals surface area (Å²) in [5.74, 6) is 2.59. The standard InChI is InChI=1S/C15H18N2O2S2/c16-14-5-6-15(13-4-2-1-3-12(13)14)21(18,19)17-9-11-7-8-20-10-11/h1-6,11,17H,7-10,16H2. The van der Waals surface area contributed by atoms with E-state index in [9.17, 15) is 8.42 Å². The zero-order valence-corrected chi connectivity index (χ0v) is 13.2. The topological polar surface area (TPSA) is 72.2 Å². The van der Waals surface area contributed by atoms with Gasteiger partial charge in [-0.2, -0.15) is 11.8 Å². The summed E-state index contributed by atoms with van der Waals surface area (Å²) in [7, 11) is -3.51. The highest BCUT2D eigenvalue weighted by atomic mass is 32.2. The molecule has 1 aliphatic heterocycles. The number of thioether (sulfide) groups is 1. The fourth-order valence-electron chi connectivity index (χ4n) is 2.58. The van der Waals surface area contributed by atoms with E-state index in [0.717, 1.165) is 23.3 Å². The molecule has 0 aliphatic carbocycles. The minimum atomic E-state index is -3.51. The SMILES string of the molecule is Nc1ccc(S(=O)(=O)NCC2CCSC2)c2ccccc12. The molecule has 1 heterocycles. The molecule has 2 aromatic rings. The molecule has 0 aromatic heterocycles. The maximum absolute atomic E-state index is 12.6. The number of fused-ring (bicyclic) bond motifs is 1. The Labute approximate surface area is 129 Å². The van der Waals surface area contributed by atoms with Crippen molar-refractivity contribution in [3.8, 4) is 0 Å². The van der Waals surface area contributed by atoms with Crippen LogP contribution in [0.5, 0.6) is 0 Å². The normalized spacial score (nSPS) is 19.1. The summed E-state index contributed by atoms with van der Waals surface area (Å²) in [5.41, 5.74) is 6.52. The molecule has 0 saturated carbocycles. The molecule has 0 amide bonds. The number of hydrogen-bond acceptors (Lipinski definition) is 4. The second kappa shape index (κ2) is 5.87. The van der Waals surface area contributed by atoms with Crippen LogP contribution in [0.25, 0.3) is 10.8 Å². The Morgan fingerprint density at radius 2 is 1.95 bits per heavy atom. The summed E-state index contributed by atoms with van der Waals surface area (Å²) in [5, 5.41) is 1.45. The summed E-state index contributed by atoms with van der Waals surface area (Å²) >= 11 is 1.88. The van der Waals surface area contributed by atoms with E-state index in [-0.39, 0.29) is 0 Å². The zero-order valence-electron chi connectivity index (χ0n) is 11.6. The van der Waals surface area contributed by atoms with Crippen LogP contribution in [0.2, 0.25) is 0 Å². The van der Waals surface area contributed by atoms with E-state index in [1.807, 2.05) is 30.0 Å². The van der Waals surface area contributed by atoms with Crippen LogP contribution in [0.3, 0.4) is 0 Å². The summed E-state index contributed by atoms with van der Waals surface area (Å²) in [6.07, 6.45) is 1.08. The van der Waals surface area contributed by atoms with E-state index in [1.54, 1.807) is 18.2 Å². The molecule has 3 rings (SSSR count). The average Bonchev–Trinajstić information content (AvgIpc) is 2.99. The van der Waals surface area contributed by atoms with Gasteiger partial charge in [0.2, 0.25) is 10.0 Å². The van der Waals surface area contributed by atoms with Crippen molar-refractivity contribution in [2.75, 3.05) is 23.8 Å². The minimum Gasteiger partial charge on any atom is -0.398 e. The predicted molar refractivity (Wildman–Crippen MR) is 89.0 cm³/mol. The van der Waals surface area contributed by atoms with E-state index < -0.39 is 10.0 Å². The van der Waals surface area contributed by atoms with Gasteiger partial charge in [0.15, 0.2) is 0 Å². The number of sulfonamides is 1. The molecular weight excluding hydrogens is 304 g/mol. The number of hydrogen-bond donors (Lipinski definition) is 2. The lowest BCUT2D eigenvalue weighted by atomic mass is 10.1. The number of nitrogens with two attached hydrogens (primary N) is 1. The van der Waals surface area contributed by atoms with E-state index in [0.29, 0.717) is 28.4 Å². The smallest absolute Gasteiger partial charge is 0.241 e. The lowest BCUT2D eigenvalue weighted by molar-refractivity contribution is 0.546. The monoisotopic (exact) mass is 322 g/mol. The Kier molecular flexibility index (Phi) is 4.10. The Morgan fingerprint density at radius 3 is 2.67 bits per heavy atom. The number of rotatable bonds is 4. The quantitative estimate of drug-likeness (QED) is 0.848. The second-order valence-corrected chi connectivity index (χ2v) is 8.17. The average molecular weight is 322 g/mol. The predicted octanol–water partition coefficient (Wildman–Crippen LogP) is 2.45. The Hall–Kier alpha value is -1.24. The molecule has 112 valence electrons. The van der Waals surface area contributed by atoms with Crippen molar-refractivity contribution in [2.24, 2.45) is 5.92 Å². The zero-order chi connectivity index (χ0) is 14.9. The van der Waals surface area contributed by atoms with E-state index in [2.05, 4.69) is 4.72 Å².